The second-order valence-corrected chi connectivity index (χ2v) is 5.64. The van der Waals surface area contributed by atoms with Gasteiger partial charge in [-0.3, -0.25) is 0 Å². The molecule has 4 nitrogen and oxygen atoms in total. The molecule has 0 saturated heterocycles. The molecule has 0 spiro atoms. The molecule has 1 rings (SSSR count). The summed E-state index contributed by atoms with van der Waals surface area (Å²) in [4.78, 5) is 0. The number of rotatable bonds is 5. The van der Waals surface area contributed by atoms with Crippen molar-refractivity contribution in [2.75, 3.05) is 6.61 Å². The van der Waals surface area contributed by atoms with Gasteiger partial charge in [-0.05, 0) is 30.6 Å². The monoisotopic (exact) mass is 246 g/mol. The Bertz CT molecular complexity index is 219. The molecule has 0 aromatic rings. The van der Waals surface area contributed by atoms with Crippen molar-refractivity contribution in [2.45, 2.75) is 58.5 Å². The van der Waals surface area contributed by atoms with Crippen LogP contribution in [0.1, 0.15) is 40.0 Å². The minimum absolute atomic E-state index is 0.0186. The molecule has 0 bridgehead atoms. The van der Waals surface area contributed by atoms with Crippen LogP contribution in [0.4, 0.5) is 0 Å². The quantitative estimate of drug-likeness (QED) is 0.636. The van der Waals surface area contributed by atoms with Gasteiger partial charge in [-0.15, -0.1) is 0 Å². The minimum atomic E-state index is -1.28. The summed E-state index contributed by atoms with van der Waals surface area (Å²) in [5, 5.41) is 27.7. The zero-order valence-electron chi connectivity index (χ0n) is 11.0. The Morgan fingerprint density at radius 3 is 2.41 bits per heavy atom. The number of aliphatic hydroxyl groups is 3. The number of hydrogen-bond donors (Lipinski definition) is 3. The highest BCUT2D eigenvalue weighted by atomic mass is 16.6. The molecule has 3 N–H and O–H groups in total. The standard InChI is InChI=1S/C13H26O4/c1-8(2)10-5-4-9(3)6-12(10)17-13(16)11(15)7-14/h8-16H,4-7H2,1-3H3. The fourth-order valence-corrected chi connectivity index (χ4v) is 2.63. The van der Waals surface area contributed by atoms with Crippen molar-refractivity contribution in [2.24, 2.45) is 17.8 Å². The van der Waals surface area contributed by atoms with E-state index in [0.717, 1.165) is 12.8 Å². The number of hydrogen-bond acceptors (Lipinski definition) is 4. The van der Waals surface area contributed by atoms with Crippen LogP contribution >= 0.6 is 0 Å². The average Bonchev–Trinajstić information content (AvgIpc) is 2.27. The van der Waals surface area contributed by atoms with E-state index in [1.54, 1.807) is 0 Å². The fourth-order valence-electron chi connectivity index (χ4n) is 2.63. The number of aliphatic hydroxyl groups excluding tert-OH is 3. The first kappa shape index (κ1) is 14.9. The molecule has 1 fully saturated rings. The average molecular weight is 246 g/mol. The van der Waals surface area contributed by atoms with Crippen LogP contribution in [0.2, 0.25) is 0 Å². The van der Waals surface area contributed by atoms with Gasteiger partial charge in [0.05, 0.1) is 12.7 Å². The van der Waals surface area contributed by atoms with Gasteiger partial charge < -0.3 is 20.1 Å². The summed E-state index contributed by atoms with van der Waals surface area (Å²) in [5.41, 5.74) is 0. The highest BCUT2D eigenvalue weighted by Gasteiger charge is 2.33. The predicted molar refractivity (Wildman–Crippen MR) is 65.3 cm³/mol. The maximum absolute atomic E-state index is 9.62. The molecule has 5 atom stereocenters. The summed E-state index contributed by atoms with van der Waals surface area (Å²) in [6, 6.07) is 0. The Balaban J connectivity index is 2.57. The van der Waals surface area contributed by atoms with Crippen LogP contribution in [0.25, 0.3) is 0 Å². The van der Waals surface area contributed by atoms with E-state index in [1.165, 1.54) is 6.42 Å². The molecule has 0 aliphatic heterocycles. The summed E-state index contributed by atoms with van der Waals surface area (Å²) >= 11 is 0. The van der Waals surface area contributed by atoms with Crippen LogP contribution < -0.4 is 0 Å². The molecule has 4 heteroatoms. The molecule has 0 aromatic carbocycles. The topological polar surface area (TPSA) is 69.9 Å². The SMILES string of the molecule is CC1CCC(C(C)C)C(OC(O)C(O)CO)C1. The summed E-state index contributed by atoms with van der Waals surface area (Å²) in [7, 11) is 0. The van der Waals surface area contributed by atoms with Crippen molar-refractivity contribution in [3.8, 4) is 0 Å². The van der Waals surface area contributed by atoms with E-state index in [2.05, 4.69) is 20.8 Å². The van der Waals surface area contributed by atoms with Crippen LogP contribution in [-0.4, -0.2) is 40.4 Å². The van der Waals surface area contributed by atoms with Crippen molar-refractivity contribution < 1.29 is 20.1 Å². The van der Waals surface area contributed by atoms with Crippen LogP contribution in [0, 0.1) is 17.8 Å². The lowest BCUT2D eigenvalue weighted by Gasteiger charge is -2.38. The van der Waals surface area contributed by atoms with Gasteiger partial charge >= 0.3 is 0 Å². The van der Waals surface area contributed by atoms with Crippen molar-refractivity contribution >= 4 is 0 Å². The highest BCUT2D eigenvalue weighted by molar-refractivity contribution is 4.82. The van der Waals surface area contributed by atoms with E-state index < -0.39 is 19.0 Å². The predicted octanol–water partition coefficient (Wildman–Crippen LogP) is 1.14. The van der Waals surface area contributed by atoms with Gasteiger partial charge in [-0.1, -0.05) is 27.2 Å². The van der Waals surface area contributed by atoms with Gasteiger partial charge in [-0.2, -0.15) is 0 Å². The Morgan fingerprint density at radius 1 is 1.24 bits per heavy atom. The van der Waals surface area contributed by atoms with E-state index in [-0.39, 0.29) is 6.10 Å². The Kier molecular flexibility index (Phi) is 5.86. The Morgan fingerprint density at radius 2 is 1.88 bits per heavy atom. The lowest BCUT2D eigenvalue weighted by Crippen LogP contribution is -2.41. The van der Waals surface area contributed by atoms with Gasteiger partial charge in [-0.25, -0.2) is 0 Å². The van der Waals surface area contributed by atoms with Crippen molar-refractivity contribution in [1.82, 2.24) is 0 Å². The number of ether oxygens (including phenoxy) is 1. The van der Waals surface area contributed by atoms with Crippen molar-refractivity contribution in [1.29, 1.82) is 0 Å². The molecular formula is C13H26O4. The first-order valence-corrected chi connectivity index (χ1v) is 6.58. The minimum Gasteiger partial charge on any atom is -0.393 e. The lowest BCUT2D eigenvalue weighted by atomic mass is 9.75. The van der Waals surface area contributed by atoms with E-state index in [1.807, 2.05) is 0 Å². The molecule has 5 unspecified atom stereocenters. The van der Waals surface area contributed by atoms with E-state index in [9.17, 15) is 10.2 Å². The fraction of sp³-hybridized carbons (Fsp3) is 1.00. The van der Waals surface area contributed by atoms with Crippen LogP contribution in [-0.2, 0) is 4.74 Å². The smallest absolute Gasteiger partial charge is 0.183 e. The normalized spacial score (nSPS) is 33.7. The molecule has 17 heavy (non-hydrogen) atoms. The van der Waals surface area contributed by atoms with Gasteiger partial charge in [0.25, 0.3) is 0 Å². The highest BCUT2D eigenvalue weighted by Crippen LogP contribution is 2.35. The van der Waals surface area contributed by atoms with Gasteiger partial charge in [0.2, 0.25) is 0 Å². The molecule has 1 aliphatic rings. The summed E-state index contributed by atoms with van der Waals surface area (Å²) in [6.45, 7) is 6.02. The van der Waals surface area contributed by atoms with Gasteiger partial charge in [0, 0.05) is 0 Å². The lowest BCUT2D eigenvalue weighted by molar-refractivity contribution is -0.215. The Hall–Kier alpha value is -0.160. The summed E-state index contributed by atoms with van der Waals surface area (Å²) in [6.07, 6.45) is 0.705. The van der Waals surface area contributed by atoms with Crippen LogP contribution in [0.15, 0.2) is 0 Å². The molecular weight excluding hydrogens is 220 g/mol. The van der Waals surface area contributed by atoms with E-state index in [4.69, 9.17) is 9.84 Å². The second-order valence-electron chi connectivity index (χ2n) is 5.64. The van der Waals surface area contributed by atoms with Crippen molar-refractivity contribution in [3.63, 3.8) is 0 Å². The van der Waals surface area contributed by atoms with Gasteiger partial charge in [0.1, 0.15) is 6.10 Å². The second kappa shape index (κ2) is 6.69. The maximum Gasteiger partial charge on any atom is 0.183 e. The Labute approximate surface area is 104 Å². The molecule has 1 aliphatic carbocycles. The molecule has 1 saturated carbocycles. The van der Waals surface area contributed by atoms with Crippen LogP contribution in [0.3, 0.4) is 0 Å². The molecule has 0 amide bonds. The van der Waals surface area contributed by atoms with Crippen molar-refractivity contribution in [3.05, 3.63) is 0 Å². The molecule has 0 radical (unpaired) electrons. The third-order valence-electron chi connectivity index (χ3n) is 3.79. The van der Waals surface area contributed by atoms with E-state index >= 15 is 0 Å². The molecule has 0 aromatic heterocycles. The first-order valence-electron chi connectivity index (χ1n) is 6.58. The van der Waals surface area contributed by atoms with Gasteiger partial charge in [0.15, 0.2) is 6.29 Å². The summed E-state index contributed by atoms with van der Waals surface area (Å²) < 4.78 is 5.53. The van der Waals surface area contributed by atoms with Crippen LogP contribution in [0.5, 0.6) is 0 Å². The maximum atomic E-state index is 9.62. The van der Waals surface area contributed by atoms with E-state index in [0.29, 0.717) is 17.8 Å². The molecule has 0 heterocycles. The largest absolute Gasteiger partial charge is 0.393 e. The zero-order valence-corrected chi connectivity index (χ0v) is 11.0. The zero-order chi connectivity index (χ0) is 13.0. The molecule has 102 valence electrons. The third-order valence-corrected chi connectivity index (χ3v) is 3.79. The first-order chi connectivity index (χ1) is 7.95. The summed E-state index contributed by atoms with van der Waals surface area (Å²) in [5.74, 6) is 1.52. The third kappa shape index (κ3) is 4.21.